The van der Waals surface area contributed by atoms with E-state index in [4.69, 9.17) is 33.2 Å². The Morgan fingerprint density at radius 2 is 0.769 bits per heavy atom. The van der Waals surface area contributed by atoms with E-state index in [1.165, 1.54) is 0 Å². The summed E-state index contributed by atoms with van der Waals surface area (Å²) in [6.45, 7) is -1.44. The van der Waals surface area contributed by atoms with Crippen LogP contribution in [-0.4, -0.2) is 191 Å². The topological polar surface area (TPSA) is 629 Å². The molecule has 0 saturated carbocycles. The Morgan fingerprint density at radius 1 is 0.385 bits per heavy atom. The minimum atomic E-state index is -2.85. The predicted molar refractivity (Wildman–Crippen MR) is 281 cm³/mol. The highest BCUT2D eigenvalue weighted by molar-refractivity contribution is 6.12. The average Bonchev–Trinajstić information content (AvgIpc) is 1.29. The van der Waals surface area contributed by atoms with Gasteiger partial charge >= 0.3 is 41.8 Å². The smallest absolute Gasteiger partial charge is 0.340 e. The number of esters is 5. The summed E-state index contributed by atoms with van der Waals surface area (Å²) in [5.41, 5.74) is -16.6. The summed E-state index contributed by atoms with van der Waals surface area (Å²) in [5.74, 6) is -47.5. The lowest BCUT2D eigenvalue weighted by Gasteiger charge is -2.44. The van der Waals surface area contributed by atoms with Crippen LogP contribution < -0.4 is 4.74 Å². The van der Waals surface area contributed by atoms with Crippen molar-refractivity contribution in [2.75, 3.05) is 6.61 Å². The summed E-state index contributed by atoms with van der Waals surface area (Å²) >= 11 is 0. The van der Waals surface area contributed by atoms with Crippen molar-refractivity contribution in [2.45, 2.75) is 30.7 Å². The second-order valence-corrected chi connectivity index (χ2v) is 19.4. The standard InChI is InChI=1S/C55H36O36/c56-15-1-9(2-21(30(15)62)86-45-29(49(78)79)28(41(73)42(74)43(45)75)23-10(48(76)77)3-16(57)31(63)36(23)68)50(80)91-55-47-46(89-53(83)13-6-19(60)34(66)39(71)26(13)27-14(54(84)90-47)7-20(61)35(67)40(27)72)44-22(87-55)8-85-51(81)11-4-17(58)32(64)37(69)24(11)25-12(52(82)88-44)5-18(59)33(65)38(25)70/h1-7,22,44,46-47,55-75H,8H2,(H,76,77)(H,78,79)/t22-,44-,46+,47-,55+/m1/s1. The van der Waals surface area contributed by atoms with E-state index >= 15 is 0 Å². The maximum absolute atomic E-state index is 14.8. The molecule has 0 bridgehead atoms. The van der Waals surface area contributed by atoms with Crippen molar-refractivity contribution in [1.82, 2.24) is 0 Å². The number of phenolic OH excluding ortho intramolecular Hbond substituents is 20. The molecule has 0 spiro atoms. The van der Waals surface area contributed by atoms with Crippen LogP contribution in [0.4, 0.5) is 0 Å². The number of carbonyl (C=O) groups excluding carboxylic acids is 5. The Hall–Kier alpha value is -13.4. The number of cyclic esters (lactones) is 1. The molecule has 36 heteroatoms. The fourth-order valence-corrected chi connectivity index (χ4v) is 9.91. The van der Waals surface area contributed by atoms with Gasteiger partial charge in [-0.25, -0.2) is 33.6 Å². The molecular formula is C55H36O36. The monoisotopic (exact) mass is 1270 g/mol. The Labute approximate surface area is 498 Å². The predicted octanol–water partition coefficient (Wildman–Crippen LogP) is 3.03. The van der Waals surface area contributed by atoms with Crippen molar-refractivity contribution in [1.29, 1.82) is 0 Å². The molecule has 22 N–H and O–H groups in total. The van der Waals surface area contributed by atoms with Crippen molar-refractivity contribution in [3.63, 3.8) is 0 Å². The molecule has 1 saturated heterocycles. The van der Waals surface area contributed by atoms with Gasteiger partial charge in [0.15, 0.2) is 92.7 Å². The number of aromatic hydroxyl groups is 20. The number of rotatable bonds is 7. The van der Waals surface area contributed by atoms with Crippen molar-refractivity contribution in [3.05, 3.63) is 81.4 Å². The van der Waals surface area contributed by atoms with Gasteiger partial charge in [-0.1, -0.05) is 0 Å². The van der Waals surface area contributed by atoms with Gasteiger partial charge in [0, 0.05) is 27.8 Å². The second kappa shape index (κ2) is 21.5. The molecular weight excluding hydrogens is 1240 g/mol. The van der Waals surface area contributed by atoms with Crippen molar-refractivity contribution in [2.24, 2.45) is 0 Å². The fraction of sp³-hybridized carbons (Fsp3) is 0.109. The highest BCUT2D eigenvalue weighted by Crippen LogP contribution is 2.59. The van der Waals surface area contributed by atoms with Gasteiger partial charge in [0.1, 0.15) is 18.3 Å². The SMILES string of the molecule is O=C(O[C@@H]1O[C@@H]2COC(=O)c3cc(O)c(O)c(O)c3-c3c(cc(O)c(O)c3O)C(=O)O[C@H]2[C@@H]2OC(=O)c3cc(O)c(O)c(O)c3-c3c(cc(O)c(O)c3O)C(=O)O[C@@H]12)c1cc(O)c(O)c(Oc2c(O)c(O)c(O)c(-c3c(C(=O)O)cc(O)c(O)c3O)c2C(=O)O)c1. The third kappa shape index (κ3) is 9.52. The molecule has 0 unspecified atom stereocenters. The van der Waals surface area contributed by atoms with E-state index < -0.39 is 278 Å². The van der Waals surface area contributed by atoms with Crippen LogP contribution in [0.3, 0.4) is 0 Å². The molecule has 91 heavy (non-hydrogen) atoms. The minimum absolute atomic E-state index is 0.240. The summed E-state index contributed by atoms with van der Waals surface area (Å²) in [6.07, 6.45) is -13.4. The Balaban J connectivity index is 1.15. The number of fused-ring (bicyclic) bond motifs is 9. The minimum Gasteiger partial charge on any atom is -0.504 e. The van der Waals surface area contributed by atoms with Crippen LogP contribution in [0.1, 0.15) is 72.5 Å². The molecule has 1 fully saturated rings. The zero-order valence-corrected chi connectivity index (χ0v) is 44.2. The molecule has 7 aromatic carbocycles. The number of aromatic carboxylic acids is 2. The quantitative estimate of drug-likeness (QED) is 0.0619. The van der Waals surface area contributed by atoms with E-state index in [1.54, 1.807) is 0 Å². The summed E-state index contributed by atoms with van der Waals surface area (Å²) < 4.78 is 39.4. The molecule has 10 rings (SSSR count). The maximum Gasteiger partial charge on any atom is 0.340 e. The van der Waals surface area contributed by atoms with Gasteiger partial charge in [0.05, 0.1) is 38.9 Å². The van der Waals surface area contributed by atoms with E-state index in [0.29, 0.717) is 36.4 Å². The zero-order valence-electron chi connectivity index (χ0n) is 44.2. The molecule has 36 nitrogen and oxygen atoms in total. The molecule has 472 valence electrons. The normalized spacial score (nSPS) is 17.7. The second-order valence-electron chi connectivity index (χ2n) is 19.4. The zero-order chi connectivity index (χ0) is 66.7. The number of carbonyl (C=O) groups is 7. The Bertz CT molecular complexity index is 4470. The maximum atomic E-state index is 14.8. The van der Waals surface area contributed by atoms with Gasteiger partial charge in [0.2, 0.25) is 58.4 Å². The first-order valence-corrected chi connectivity index (χ1v) is 24.8. The van der Waals surface area contributed by atoms with Gasteiger partial charge in [-0.3, -0.25) is 0 Å². The third-order valence-electron chi connectivity index (χ3n) is 14.1. The first-order valence-electron chi connectivity index (χ1n) is 24.8. The van der Waals surface area contributed by atoms with Crippen LogP contribution in [0.15, 0.2) is 42.5 Å². The molecule has 3 aliphatic rings. The highest BCUT2D eigenvalue weighted by Gasteiger charge is 2.56. The lowest BCUT2D eigenvalue weighted by Crippen LogP contribution is -2.63. The Morgan fingerprint density at radius 3 is 1.21 bits per heavy atom. The van der Waals surface area contributed by atoms with Crippen molar-refractivity contribution in [3.8, 4) is 160 Å². The van der Waals surface area contributed by atoms with Crippen LogP contribution >= 0.6 is 0 Å². The molecule has 0 aliphatic carbocycles. The molecule has 5 atom stereocenters. The molecule has 0 radical (unpaired) electrons. The largest absolute Gasteiger partial charge is 0.504 e. The van der Waals surface area contributed by atoms with E-state index in [1.807, 2.05) is 0 Å². The molecule has 3 heterocycles. The molecule has 0 aromatic heterocycles. The van der Waals surface area contributed by atoms with Crippen molar-refractivity contribution < 1.29 is 179 Å². The fourth-order valence-electron chi connectivity index (χ4n) is 9.91. The summed E-state index contributed by atoms with van der Waals surface area (Å²) in [5, 5.41) is 237. The van der Waals surface area contributed by atoms with Gasteiger partial charge in [-0.05, 0) is 42.5 Å². The highest BCUT2D eigenvalue weighted by atomic mass is 16.7. The summed E-state index contributed by atoms with van der Waals surface area (Å²) in [7, 11) is 0. The van der Waals surface area contributed by atoms with Crippen LogP contribution in [0.25, 0.3) is 33.4 Å². The van der Waals surface area contributed by atoms with Crippen molar-refractivity contribution >= 4 is 41.8 Å². The van der Waals surface area contributed by atoms with E-state index in [-0.39, 0.29) is 6.07 Å². The third-order valence-corrected chi connectivity index (χ3v) is 14.1. The van der Waals surface area contributed by atoms with Crippen LogP contribution in [0.2, 0.25) is 0 Å². The lowest BCUT2D eigenvalue weighted by atomic mass is 9.91. The van der Waals surface area contributed by atoms with Gasteiger partial charge in [-0.2, -0.15) is 0 Å². The first kappa shape index (κ1) is 60.7. The Kier molecular flexibility index (Phi) is 14.4. The molecule has 3 aliphatic heterocycles. The molecule has 7 aromatic rings. The lowest BCUT2D eigenvalue weighted by molar-refractivity contribution is -0.282. The number of carboxylic acids is 2. The number of ether oxygens (including phenoxy) is 7. The van der Waals surface area contributed by atoms with Crippen LogP contribution in [-0.2, 0) is 28.4 Å². The van der Waals surface area contributed by atoms with Gasteiger partial charge in [-0.15, -0.1) is 0 Å². The molecule has 0 amide bonds. The number of carboxylic acid groups (broad SMARTS) is 2. The number of benzene rings is 7. The number of hydrogen-bond donors (Lipinski definition) is 22. The van der Waals surface area contributed by atoms with Gasteiger partial charge < -0.3 is 146 Å². The van der Waals surface area contributed by atoms with E-state index in [2.05, 4.69) is 0 Å². The van der Waals surface area contributed by atoms with Crippen LogP contribution in [0, 0.1) is 0 Å². The van der Waals surface area contributed by atoms with E-state index in [9.17, 15) is 146 Å². The van der Waals surface area contributed by atoms with E-state index in [0.717, 1.165) is 0 Å². The summed E-state index contributed by atoms with van der Waals surface area (Å²) in [4.78, 5) is 98.4. The number of hydrogen-bond acceptors (Lipinski definition) is 34. The van der Waals surface area contributed by atoms with Crippen LogP contribution in [0.5, 0.6) is 126 Å². The summed E-state index contributed by atoms with van der Waals surface area (Å²) in [6, 6.07) is 2.19. The first-order chi connectivity index (χ1) is 42.7. The average molecular weight is 1270 g/mol. The van der Waals surface area contributed by atoms with Gasteiger partial charge in [0.25, 0.3) is 0 Å². The number of phenols is 20.